The van der Waals surface area contributed by atoms with Crippen LogP contribution in [0.25, 0.3) is 6.08 Å². The van der Waals surface area contributed by atoms with E-state index in [1.807, 2.05) is 19.9 Å². The summed E-state index contributed by atoms with van der Waals surface area (Å²) in [6.45, 7) is 4.04. The van der Waals surface area contributed by atoms with Crippen LogP contribution < -0.4 is 10.6 Å². The Morgan fingerprint density at radius 1 is 1.09 bits per heavy atom. The molecule has 0 spiro atoms. The lowest BCUT2D eigenvalue weighted by molar-refractivity contribution is -0.123. The minimum atomic E-state index is -0.774. The van der Waals surface area contributed by atoms with E-state index in [-0.39, 0.29) is 5.57 Å². The number of nitrogens with one attached hydrogen (secondary N) is 2. The zero-order chi connectivity index (χ0) is 15.9. The summed E-state index contributed by atoms with van der Waals surface area (Å²) in [4.78, 5) is 34.7. The predicted molar refractivity (Wildman–Crippen MR) is 81.1 cm³/mol. The smallest absolute Gasteiger partial charge is 0.328 e. The molecule has 0 bridgehead atoms. The van der Waals surface area contributed by atoms with Crippen LogP contribution in [0.2, 0.25) is 0 Å². The Kier molecular flexibility index (Phi) is 3.60. The number of carbonyl (C=O) groups excluding carboxylic acids is 3. The van der Waals surface area contributed by atoms with Crippen molar-refractivity contribution in [1.29, 1.82) is 0 Å². The number of urea groups is 1. The number of aromatic nitrogens is 1. The minimum Gasteiger partial charge on any atom is -0.346 e. The van der Waals surface area contributed by atoms with Crippen LogP contribution in [-0.4, -0.2) is 22.4 Å². The highest BCUT2D eigenvalue weighted by Crippen LogP contribution is 2.33. The number of barbiturate groups is 1. The minimum absolute atomic E-state index is 0.0359. The molecular formula is C16H19N3O3. The van der Waals surface area contributed by atoms with Crippen LogP contribution in [0, 0.1) is 13.8 Å². The van der Waals surface area contributed by atoms with Crippen molar-refractivity contribution in [3.63, 3.8) is 0 Å². The van der Waals surface area contributed by atoms with Crippen molar-refractivity contribution in [2.24, 2.45) is 0 Å². The second-order valence-electron chi connectivity index (χ2n) is 5.93. The molecule has 0 aromatic carbocycles. The molecule has 22 heavy (non-hydrogen) atoms. The van der Waals surface area contributed by atoms with E-state index in [4.69, 9.17) is 0 Å². The van der Waals surface area contributed by atoms with Gasteiger partial charge in [-0.05, 0) is 44.4 Å². The molecule has 3 rings (SSSR count). The second kappa shape index (κ2) is 5.44. The fourth-order valence-corrected chi connectivity index (χ4v) is 3.43. The van der Waals surface area contributed by atoms with Crippen LogP contribution in [0.3, 0.4) is 0 Å². The third kappa shape index (κ3) is 2.45. The topological polar surface area (TPSA) is 80.2 Å². The quantitative estimate of drug-likeness (QED) is 0.647. The van der Waals surface area contributed by atoms with Crippen molar-refractivity contribution >= 4 is 23.9 Å². The average molecular weight is 301 g/mol. The number of aryl methyl sites for hydroxylation is 1. The molecule has 2 fully saturated rings. The van der Waals surface area contributed by atoms with Gasteiger partial charge in [-0.1, -0.05) is 12.8 Å². The Balaban J connectivity index is 1.97. The number of hydrogen-bond acceptors (Lipinski definition) is 3. The number of hydrogen-bond donors (Lipinski definition) is 2. The first-order valence-corrected chi connectivity index (χ1v) is 7.54. The molecule has 2 heterocycles. The van der Waals surface area contributed by atoms with Crippen molar-refractivity contribution in [3.8, 4) is 0 Å². The van der Waals surface area contributed by atoms with E-state index in [0.29, 0.717) is 6.04 Å². The van der Waals surface area contributed by atoms with Crippen molar-refractivity contribution < 1.29 is 14.4 Å². The van der Waals surface area contributed by atoms with Crippen LogP contribution >= 0.6 is 0 Å². The lowest BCUT2D eigenvalue weighted by Crippen LogP contribution is -2.51. The van der Waals surface area contributed by atoms with E-state index >= 15 is 0 Å². The molecule has 1 aliphatic carbocycles. The molecule has 2 N–H and O–H groups in total. The van der Waals surface area contributed by atoms with E-state index < -0.39 is 17.8 Å². The van der Waals surface area contributed by atoms with Crippen LogP contribution in [0.5, 0.6) is 0 Å². The van der Waals surface area contributed by atoms with Gasteiger partial charge in [0.05, 0.1) is 0 Å². The van der Waals surface area contributed by atoms with Gasteiger partial charge in [0, 0.05) is 17.4 Å². The summed E-state index contributed by atoms with van der Waals surface area (Å²) in [7, 11) is 0. The van der Waals surface area contributed by atoms with E-state index in [9.17, 15) is 14.4 Å². The summed E-state index contributed by atoms with van der Waals surface area (Å²) in [5, 5.41) is 4.18. The van der Waals surface area contributed by atoms with Gasteiger partial charge in [-0.25, -0.2) is 4.79 Å². The molecule has 0 atom stereocenters. The van der Waals surface area contributed by atoms with Gasteiger partial charge in [0.1, 0.15) is 5.57 Å². The summed E-state index contributed by atoms with van der Waals surface area (Å²) >= 11 is 0. The molecule has 0 unspecified atom stereocenters. The van der Waals surface area contributed by atoms with E-state index in [1.54, 1.807) is 6.08 Å². The third-order valence-corrected chi connectivity index (χ3v) is 4.46. The van der Waals surface area contributed by atoms with Gasteiger partial charge in [0.25, 0.3) is 11.8 Å². The normalized spacial score (nSPS) is 19.4. The number of nitrogens with zero attached hydrogens (tertiary/aromatic N) is 1. The number of amides is 4. The molecule has 2 aliphatic rings. The molecule has 1 aromatic heterocycles. The molecule has 6 heteroatoms. The van der Waals surface area contributed by atoms with Crippen molar-refractivity contribution in [3.05, 3.63) is 28.6 Å². The number of rotatable bonds is 2. The molecule has 1 aromatic rings. The highest BCUT2D eigenvalue weighted by Gasteiger charge is 2.28. The van der Waals surface area contributed by atoms with Crippen LogP contribution in [0.15, 0.2) is 11.6 Å². The number of imide groups is 2. The average Bonchev–Trinajstić information content (AvgIpc) is 3.03. The standard InChI is InChI=1S/C16H19N3O3/c1-9-7-11(10(2)19(9)12-5-3-4-6-12)8-13-14(20)17-16(22)18-15(13)21/h7-8,12H,3-6H2,1-2H3,(H2,17,18,20,21,22). The fourth-order valence-electron chi connectivity index (χ4n) is 3.43. The van der Waals surface area contributed by atoms with Gasteiger partial charge in [-0.15, -0.1) is 0 Å². The molecule has 4 amide bonds. The molecule has 0 radical (unpaired) electrons. The lowest BCUT2D eigenvalue weighted by Gasteiger charge is -2.17. The molecule has 1 aliphatic heterocycles. The maximum Gasteiger partial charge on any atom is 0.328 e. The Labute approximate surface area is 128 Å². The van der Waals surface area contributed by atoms with E-state index in [1.165, 1.54) is 25.7 Å². The Morgan fingerprint density at radius 2 is 1.68 bits per heavy atom. The first kappa shape index (κ1) is 14.6. The first-order chi connectivity index (χ1) is 10.5. The third-order valence-electron chi connectivity index (χ3n) is 4.46. The lowest BCUT2D eigenvalue weighted by atomic mass is 10.1. The predicted octanol–water partition coefficient (Wildman–Crippen LogP) is 1.97. The zero-order valence-electron chi connectivity index (χ0n) is 12.7. The van der Waals surface area contributed by atoms with Crippen molar-refractivity contribution in [2.75, 3.05) is 0 Å². The molecule has 1 saturated carbocycles. The Bertz CT molecular complexity index is 672. The molecule has 116 valence electrons. The largest absolute Gasteiger partial charge is 0.346 e. The summed E-state index contributed by atoms with van der Waals surface area (Å²) < 4.78 is 2.29. The highest BCUT2D eigenvalue weighted by atomic mass is 16.2. The summed E-state index contributed by atoms with van der Waals surface area (Å²) in [5.74, 6) is -1.31. The summed E-state index contributed by atoms with van der Waals surface area (Å²) in [6.07, 6.45) is 6.38. The molecule has 1 saturated heterocycles. The Hall–Kier alpha value is -2.37. The fraction of sp³-hybridized carbons (Fsp3) is 0.438. The SMILES string of the molecule is Cc1cc(C=C2C(=O)NC(=O)NC2=O)c(C)n1C1CCCC1. The molecular weight excluding hydrogens is 282 g/mol. The summed E-state index contributed by atoms with van der Waals surface area (Å²) in [6, 6.07) is 1.71. The Morgan fingerprint density at radius 3 is 2.27 bits per heavy atom. The monoisotopic (exact) mass is 301 g/mol. The van der Waals surface area contributed by atoms with Crippen LogP contribution in [0.4, 0.5) is 4.79 Å². The van der Waals surface area contributed by atoms with Gasteiger partial charge in [0.15, 0.2) is 0 Å². The number of carbonyl (C=O) groups is 3. The van der Waals surface area contributed by atoms with Crippen molar-refractivity contribution in [2.45, 2.75) is 45.6 Å². The van der Waals surface area contributed by atoms with E-state index in [2.05, 4.69) is 15.2 Å². The van der Waals surface area contributed by atoms with Crippen LogP contribution in [0.1, 0.15) is 48.7 Å². The van der Waals surface area contributed by atoms with E-state index in [0.717, 1.165) is 17.0 Å². The summed E-state index contributed by atoms with van der Waals surface area (Å²) in [5.41, 5.74) is 2.99. The molecule has 6 nitrogen and oxygen atoms in total. The van der Waals surface area contributed by atoms with Gasteiger partial charge in [-0.3, -0.25) is 20.2 Å². The van der Waals surface area contributed by atoms with Gasteiger partial charge < -0.3 is 4.57 Å². The highest BCUT2D eigenvalue weighted by molar-refractivity contribution is 6.31. The van der Waals surface area contributed by atoms with Gasteiger partial charge in [0.2, 0.25) is 0 Å². The maximum absolute atomic E-state index is 11.8. The second-order valence-corrected chi connectivity index (χ2v) is 5.93. The van der Waals surface area contributed by atoms with Gasteiger partial charge >= 0.3 is 6.03 Å². The van der Waals surface area contributed by atoms with Crippen molar-refractivity contribution in [1.82, 2.24) is 15.2 Å². The first-order valence-electron chi connectivity index (χ1n) is 7.54. The van der Waals surface area contributed by atoms with Gasteiger partial charge in [-0.2, -0.15) is 0 Å². The maximum atomic E-state index is 11.8. The zero-order valence-corrected chi connectivity index (χ0v) is 12.7. The van der Waals surface area contributed by atoms with Crippen LogP contribution in [-0.2, 0) is 9.59 Å².